The highest BCUT2D eigenvalue weighted by Crippen LogP contribution is 2.40. The maximum absolute atomic E-state index is 11.7. The van der Waals surface area contributed by atoms with Crippen LogP contribution in [0, 0.1) is 0 Å². The summed E-state index contributed by atoms with van der Waals surface area (Å²) < 4.78 is 15.1. The van der Waals surface area contributed by atoms with Crippen LogP contribution >= 0.6 is 23.1 Å². The highest BCUT2D eigenvalue weighted by atomic mass is 32.2. The van der Waals surface area contributed by atoms with Crippen LogP contribution in [-0.4, -0.2) is 34.5 Å². The molecule has 198 valence electrons. The third-order valence-corrected chi connectivity index (χ3v) is 8.64. The number of fused-ring (bicyclic) bond motifs is 1. The van der Waals surface area contributed by atoms with Gasteiger partial charge >= 0.3 is 6.03 Å². The van der Waals surface area contributed by atoms with Crippen molar-refractivity contribution in [3.63, 3.8) is 0 Å². The van der Waals surface area contributed by atoms with Crippen molar-refractivity contribution in [1.29, 1.82) is 0 Å². The van der Waals surface area contributed by atoms with Crippen molar-refractivity contribution in [3.05, 3.63) is 95.1 Å². The molecule has 9 heteroatoms. The molecule has 0 bridgehead atoms. The van der Waals surface area contributed by atoms with Crippen LogP contribution in [0.25, 0.3) is 10.2 Å². The first-order chi connectivity index (χ1) is 18.6. The van der Waals surface area contributed by atoms with E-state index in [9.17, 15) is 9.90 Å². The summed E-state index contributed by atoms with van der Waals surface area (Å²) in [7, 11) is 0. The summed E-state index contributed by atoms with van der Waals surface area (Å²) in [6.07, 6.45) is 0.0352. The van der Waals surface area contributed by atoms with Gasteiger partial charge in [-0.3, -0.25) is 0 Å². The number of hydrogen-bond acceptors (Lipinski definition) is 7. The number of thiazole rings is 1. The van der Waals surface area contributed by atoms with E-state index in [0.717, 1.165) is 44.3 Å². The maximum Gasteiger partial charge on any atom is 0.315 e. The van der Waals surface area contributed by atoms with E-state index in [2.05, 4.69) is 16.7 Å². The third-order valence-electron chi connectivity index (χ3n) is 6.32. The highest BCUT2D eigenvalue weighted by molar-refractivity contribution is 8.01. The van der Waals surface area contributed by atoms with Gasteiger partial charge in [-0.2, -0.15) is 0 Å². The predicted molar refractivity (Wildman–Crippen MR) is 151 cm³/mol. The summed E-state index contributed by atoms with van der Waals surface area (Å²) in [5.74, 6) is 0.763. The van der Waals surface area contributed by atoms with Crippen LogP contribution in [-0.2, 0) is 22.6 Å². The fourth-order valence-corrected chi connectivity index (χ4v) is 6.41. The van der Waals surface area contributed by atoms with Gasteiger partial charge in [0.2, 0.25) is 0 Å². The summed E-state index contributed by atoms with van der Waals surface area (Å²) >= 11 is 3.42. The average molecular weight is 550 g/mol. The minimum absolute atomic E-state index is 0.0142. The molecule has 1 saturated heterocycles. The molecule has 4 aromatic rings. The largest absolute Gasteiger partial charge is 0.392 e. The number of aliphatic hydroxyl groups is 1. The molecule has 7 nitrogen and oxygen atoms in total. The second kappa shape index (κ2) is 12.7. The molecule has 5 rings (SSSR count). The predicted octanol–water partition coefficient (Wildman–Crippen LogP) is 5.95. The molecular formula is C29H31N3O4S2. The molecule has 3 aromatic carbocycles. The lowest BCUT2D eigenvalue weighted by Crippen LogP contribution is -2.34. The summed E-state index contributed by atoms with van der Waals surface area (Å²) in [4.78, 5) is 16.5. The van der Waals surface area contributed by atoms with E-state index in [1.165, 1.54) is 4.70 Å². The van der Waals surface area contributed by atoms with Gasteiger partial charge in [-0.1, -0.05) is 72.4 Å². The fraction of sp³-hybridized carbons (Fsp3) is 0.310. The lowest BCUT2D eigenvalue weighted by molar-refractivity contribution is -0.245. The van der Waals surface area contributed by atoms with Crippen LogP contribution in [0.1, 0.15) is 48.0 Å². The van der Waals surface area contributed by atoms with Gasteiger partial charge < -0.3 is 25.2 Å². The second-order valence-electron chi connectivity index (χ2n) is 9.06. The molecule has 0 aliphatic carbocycles. The first-order valence-electron chi connectivity index (χ1n) is 12.7. The van der Waals surface area contributed by atoms with Crippen LogP contribution in [0.4, 0.5) is 4.79 Å². The second-order valence-corrected chi connectivity index (χ2v) is 11.4. The Balaban J connectivity index is 1.29. The van der Waals surface area contributed by atoms with Crippen molar-refractivity contribution in [2.45, 2.75) is 49.3 Å². The number of nitrogens with zero attached hydrogens (tertiary/aromatic N) is 1. The molecule has 3 N–H and O–H groups in total. The number of para-hydroxylation sites is 1. The minimum Gasteiger partial charge on any atom is -0.392 e. The van der Waals surface area contributed by atoms with E-state index < -0.39 is 6.29 Å². The Morgan fingerprint density at radius 1 is 1.00 bits per heavy atom. The van der Waals surface area contributed by atoms with Crippen LogP contribution in [0.5, 0.6) is 0 Å². The molecule has 1 aromatic heterocycles. The number of carbonyl (C=O) groups excluding carboxylic acids is 1. The maximum atomic E-state index is 11.7. The number of nitrogens with one attached hydrogen (secondary N) is 2. The topological polar surface area (TPSA) is 92.7 Å². The van der Waals surface area contributed by atoms with Crippen molar-refractivity contribution in [2.24, 2.45) is 0 Å². The number of aliphatic hydroxyl groups excluding tert-OH is 1. The van der Waals surface area contributed by atoms with Gasteiger partial charge in [-0.05, 0) is 35.7 Å². The number of thioether (sulfide) groups is 1. The van der Waals surface area contributed by atoms with E-state index in [4.69, 9.17) is 14.5 Å². The van der Waals surface area contributed by atoms with Crippen LogP contribution in [0.2, 0.25) is 0 Å². The van der Waals surface area contributed by atoms with E-state index in [1.54, 1.807) is 23.1 Å². The smallest absolute Gasteiger partial charge is 0.315 e. The lowest BCUT2D eigenvalue weighted by Gasteiger charge is -2.36. The Morgan fingerprint density at radius 3 is 2.47 bits per heavy atom. The number of urea groups is 1. The SMILES string of the molecule is CCNC(=O)NCc1ccc([C@@H]2O[C@H](CSc3nc4ccccc4s3)C[C@H](c3ccc(CO)cc3)O2)cc1. The monoisotopic (exact) mass is 549 g/mol. The van der Waals surface area contributed by atoms with Crippen molar-refractivity contribution in [2.75, 3.05) is 12.3 Å². The van der Waals surface area contributed by atoms with Gasteiger partial charge in [0.25, 0.3) is 0 Å². The van der Waals surface area contributed by atoms with Gasteiger partial charge in [-0.25, -0.2) is 9.78 Å². The van der Waals surface area contributed by atoms with Crippen molar-refractivity contribution in [1.82, 2.24) is 15.6 Å². The number of carbonyl (C=O) groups is 1. The number of ether oxygens (including phenoxy) is 2. The number of hydrogen-bond donors (Lipinski definition) is 3. The number of aromatic nitrogens is 1. The van der Waals surface area contributed by atoms with E-state index in [1.807, 2.05) is 73.7 Å². The molecule has 0 spiro atoms. The number of benzene rings is 3. The Bertz CT molecular complexity index is 1310. The van der Waals surface area contributed by atoms with Gasteiger partial charge in [0.1, 0.15) is 0 Å². The molecule has 0 radical (unpaired) electrons. The quantitative estimate of drug-likeness (QED) is 0.224. The van der Waals surface area contributed by atoms with Crippen molar-refractivity contribution in [3.8, 4) is 0 Å². The normalized spacial score (nSPS) is 19.4. The molecule has 1 aliphatic rings. The third kappa shape index (κ3) is 6.73. The molecule has 38 heavy (non-hydrogen) atoms. The molecule has 1 fully saturated rings. The van der Waals surface area contributed by atoms with E-state index >= 15 is 0 Å². The fourth-order valence-electron chi connectivity index (χ4n) is 4.30. The van der Waals surface area contributed by atoms with E-state index in [0.29, 0.717) is 13.1 Å². The van der Waals surface area contributed by atoms with Crippen LogP contribution < -0.4 is 10.6 Å². The highest BCUT2D eigenvalue weighted by Gasteiger charge is 2.32. The Morgan fingerprint density at radius 2 is 1.74 bits per heavy atom. The Kier molecular flexibility index (Phi) is 8.93. The first-order valence-corrected chi connectivity index (χ1v) is 14.5. The molecule has 2 amide bonds. The zero-order chi connectivity index (χ0) is 26.3. The summed E-state index contributed by atoms with van der Waals surface area (Å²) in [6.45, 7) is 2.93. The van der Waals surface area contributed by atoms with Gasteiger partial charge in [-0.15, -0.1) is 11.3 Å². The molecule has 0 saturated carbocycles. The molecule has 2 heterocycles. The van der Waals surface area contributed by atoms with Crippen LogP contribution in [0.3, 0.4) is 0 Å². The minimum atomic E-state index is -0.516. The van der Waals surface area contributed by atoms with E-state index in [-0.39, 0.29) is 24.8 Å². The Hall–Kier alpha value is -2.95. The number of rotatable bonds is 9. The van der Waals surface area contributed by atoms with Gasteiger partial charge in [0.05, 0.1) is 29.0 Å². The molecule has 3 atom stereocenters. The van der Waals surface area contributed by atoms with Gasteiger partial charge in [0, 0.05) is 30.8 Å². The Labute approximate surface area is 230 Å². The summed E-state index contributed by atoms with van der Waals surface area (Å²) in [5, 5.41) is 15.0. The van der Waals surface area contributed by atoms with Crippen molar-refractivity contribution < 1.29 is 19.4 Å². The summed E-state index contributed by atoms with van der Waals surface area (Å²) in [5.41, 5.74) is 4.88. The first kappa shape index (κ1) is 26.6. The molecular weight excluding hydrogens is 518 g/mol. The average Bonchev–Trinajstić information content (AvgIpc) is 3.38. The zero-order valence-electron chi connectivity index (χ0n) is 21.1. The lowest BCUT2D eigenvalue weighted by atomic mass is 10.0. The number of amides is 2. The molecule has 1 aliphatic heterocycles. The van der Waals surface area contributed by atoms with Crippen molar-refractivity contribution >= 4 is 39.3 Å². The van der Waals surface area contributed by atoms with Crippen LogP contribution in [0.15, 0.2) is 77.1 Å². The standard InChI is InChI=1S/C29H31N3O4S2/c1-2-30-28(34)31-16-19-7-13-22(14-8-19)27-35-23(15-25(36-27)21-11-9-20(17-33)10-12-21)18-37-29-32-24-5-3-4-6-26(24)38-29/h3-14,23,25,27,33H,2,15-18H2,1H3,(H2,30,31,34)/t23-,25+,27+/m0/s1. The molecule has 0 unspecified atom stereocenters. The van der Waals surface area contributed by atoms with Gasteiger partial charge in [0.15, 0.2) is 10.6 Å². The summed E-state index contributed by atoms with van der Waals surface area (Å²) in [6, 6.07) is 23.9. The zero-order valence-corrected chi connectivity index (χ0v) is 22.8.